The van der Waals surface area contributed by atoms with Crippen molar-refractivity contribution in [3.8, 4) is 0 Å². The third-order valence-electron chi connectivity index (χ3n) is 10.4. The molecule has 0 aromatic rings. The molecule has 4 N–H and O–H groups in total. The van der Waals surface area contributed by atoms with Crippen molar-refractivity contribution in [3.63, 3.8) is 0 Å². The Kier molecular flexibility index (Phi) is 19.6. The van der Waals surface area contributed by atoms with Crippen molar-refractivity contribution in [3.05, 3.63) is 0 Å². The number of carbonyl (C=O) groups excluding carboxylic acids is 5. The zero-order valence-electron chi connectivity index (χ0n) is 33.8. The molecule has 0 aliphatic carbocycles. The van der Waals surface area contributed by atoms with Crippen molar-refractivity contribution < 1.29 is 38.7 Å². The summed E-state index contributed by atoms with van der Waals surface area (Å²) >= 11 is 0. The van der Waals surface area contributed by atoms with Crippen molar-refractivity contribution in [1.82, 2.24) is 30.8 Å². The monoisotopic (exact) mass is 727 g/mol. The van der Waals surface area contributed by atoms with E-state index in [0.29, 0.717) is 19.4 Å². The largest absolute Gasteiger partial charge is 0.379 e. The standard InChI is InChI=1S/C37H70N6O8/c1-15-24(8)32(42(12)37(48)30(22(4)5)39-36(47)31(23(6)7)41(10)11)28(50-13)20-29(44)43-18-16-17-27(43)33(51-14)25(9)34(45)38-26(19-21(2)3)35(46)40-49/h21-28,30-33,49H,15-20H2,1-14H3,(H,38,45)(H,39,47)(H,40,46)/t24-,25?,26-,27?,28+,30-,31-,32-,33+/m0/s1. The fourth-order valence-corrected chi connectivity index (χ4v) is 7.50. The number of methoxy groups -OCH3 is 2. The Morgan fingerprint density at radius 2 is 1.47 bits per heavy atom. The minimum absolute atomic E-state index is 0.00146. The average molecular weight is 727 g/mol. The van der Waals surface area contributed by atoms with E-state index in [9.17, 15) is 29.2 Å². The summed E-state index contributed by atoms with van der Waals surface area (Å²) < 4.78 is 11.8. The van der Waals surface area contributed by atoms with Gasteiger partial charge in [0.25, 0.3) is 5.91 Å². The summed E-state index contributed by atoms with van der Waals surface area (Å²) in [6.07, 6.45) is 1.10. The molecule has 1 rings (SSSR count). The lowest BCUT2D eigenvalue weighted by Gasteiger charge is -2.41. The smallest absolute Gasteiger partial charge is 0.265 e. The molecule has 0 aromatic heterocycles. The highest BCUT2D eigenvalue weighted by atomic mass is 16.5. The van der Waals surface area contributed by atoms with Gasteiger partial charge in [-0.1, -0.05) is 68.7 Å². The maximum absolute atomic E-state index is 14.2. The third-order valence-corrected chi connectivity index (χ3v) is 10.4. The molecule has 5 amide bonds. The molecule has 1 aliphatic heterocycles. The molecule has 0 saturated carbocycles. The van der Waals surface area contributed by atoms with Gasteiger partial charge in [0.1, 0.15) is 12.1 Å². The number of carbonyl (C=O) groups is 5. The number of amides is 5. The first-order valence-electron chi connectivity index (χ1n) is 18.6. The normalized spacial score (nSPS) is 19.7. The predicted octanol–water partition coefficient (Wildman–Crippen LogP) is 2.67. The molecule has 0 spiro atoms. The van der Waals surface area contributed by atoms with Gasteiger partial charge in [-0.25, -0.2) is 5.48 Å². The molecular weight excluding hydrogens is 656 g/mol. The fraction of sp³-hybridized carbons (Fsp3) is 0.865. The molecule has 1 saturated heterocycles. The summed E-state index contributed by atoms with van der Waals surface area (Å²) in [4.78, 5) is 72.6. The molecule has 1 aliphatic rings. The third kappa shape index (κ3) is 12.7. The van der Waals surface area contributed by atoms with Crippen LogP contribution in [0, 0.1) is 29.6 Å². The number of hydroxylamine groups is 1. The predicted molar refractivity (Wildman–Crippen MR) is 197 cm³/mol. The molecule has 0 bridgehead atoms. The van der Waals surface area contributed by atoms with Crippen LogP contribution in [-0.4, -0.2) is 134 Å². The number of hydrogen-bond donors (Lipinski definition) is 4. The van der Waals surface area contributed by atoms with Crippen molar-refractivity contribution >= 4 is 29.5 Å². The lowest BCUT2D eigenvalue weighted by molar-refractivity contribution is -0.148. The van der Waals surface area contributed by atoms with Crippen LogP contribution in [0.3, 0.4) is 0 Å². The number of likely N-dealkylation sites (tertiary alicyclic amines) is 1. The second-order valence-electron chi connectivity index (χ2n) is 15.6. The van der Waals surface area contributed by atoms with E-state index in [1.165, 1.54) is 7.11 Å². The molecular formula is C37H70N6O8. The Morgan fingerprint density at radius 1 is 0.863 bits per heavy atom. The van der Waals surface area contributed by atoms with Crippen LogP contribution in [-0.2, 0) is 33.4 Å². The Morgan fingerprint density at radius 3 is 1.92 bits per heavy atom. The number of nitrogens with zero attached hydrogens (tertiary/aromatic N) is 3. The van der Waals surface area contributed by atoms with E-state index in [-0.39, 0.29) is 47.8 Å². The van der Waals surface area contributed by atoms with Gasteiger partial charge in [-0.2, -0.15) is 0 Å². The summed E-state index contributed by atoms with van der Waals surface area (Å²) in [7, 11) is 8.45. The second kappa shape index (κ2) is 21.7. The van der Waals surface area contributed by atoms with Crippen molar-refractivity contribution in [1.29, 1.82) is 0 Å². The van der Waals surface area contributed by atoms with E-state index in [1.807, 2.05) is 74.4 Å². The molecule has 2 unspecified atom stereocenters. The van der Waals surface area contributed by atoms with Gasteiger partial charge in [-0.15, -0.1) is 0 Å². The first kappa shape index (κ1) is 46.2. The Bertz CT molecular complexity index is 1130. The van der Waals surface area contributed by atoms with Crippen LogP contribution in [0.5, 0.6) is 0 Å². The van der Waals surface area contributed by atoms with Gasteiger partial charge in [0.05, 0.1) is 42.7 Å². The van der Waals surface area contributed by atoms with E-state index in [2.05, 4.69) is 10.6 Å². The summed E-state index contributed by atoms with van der Waals surface area (Å²) in [5.74, 6) is -2.56. The molecule has 0 aromatic carbocycles. The van der Waals surface area contributed by atoms with Crippen LogP contribution in [0.15, 0.2) is 0 Å². The zero-order valence-corrected chi connectivity index (χ0v) is 33.8. The number of ether oxygens (including phenoxy) is 2. The topological polar surface area (TPSA) is 170 Å². The zero-order chi connectivity index (χ0) is 39.3. The Hall–Kier alpha value is -2.81. The minimum Gasteiger partial charge on any atom is -0.379 e. The maximum atomic E-state index is 14.2. The van der Waals surface area contributed by atoms with E-state index in [1.54, 1.807) is 36.4 Å². The van der Waals surface area contributed by atoms with E-state index in [0.717, 1.165) is 12.8 Å². The lowest BCUT2D eigenvalue weighted by Crippen LogP contribution is -2.59. The molecule has 1 heterocycles. The summed E-state index contributed by atoms with van der Waals surface area (Å²) in [6.45, 7) is 17.8. The number of hydrogen-bond acceptors (Lipinski definition) is 9. The number of rotatable bonds is 21. The molecule has 1 fully saturated rings. The van der Waals surface area contributed by atoms with Crippen LogP contribution in [0.1, 0.15) is 94.4 Å². The van der Waals surface area contributed by atoms with E-state index >= 15 is 0 Å². The molecule has 14 nitrogen and oxygen atoms in total. The van der Waals surface area contributed by atoms with Gasteiger partial charge in [0.15, 0.2) is 0 Å². The molecule has 296 valence electrons. The number of nitrogens with one attached hydrogen (secondary N) is 3. The van der Waals surface area contributed by atoms with E-state index in [4.69, 9.17) is 9.47 Å². The van der Waals surface area contributed by atoms with Crippen LogP contribution < -0.4 is 16.1 Å². The van der Waals surface area contributed by atoms with Crippen LogP contribution in [0.2, 0.25) is 0 Å². The fourth-order valence-electron chi connectivity index (χ4n) is 7.50. The molecule has 0 radical (unpaired) electrons. The van der Waals surface area contributed by atoms with Gasteiger partial charge < -0.3 is 29.9 Å². The Labute approximate surface area is 307 Å². The maximum Gasteiger partial charge on any atom is 0.265 e. The van der Waals surface area contributed by atoms with Crippen molar-refractivity contribution in [2.75, 3.05) is 41.9 Å². The minimum atomic E-state index is -0.920. The summed E-state index contributed by atoms with van der Waals surface area (Å²) in [6, 6.07) is -2.96. The second-order valence-corrected chi connectivity index (χ2v) is 15.6. The van der Waals surface area contributed by atoms with Crippen molar-refractivity contribution in [2.45, 2.75) is 137 Å². The quantitative estimate of drug-likeness (QED) is 0.103. The SMILES string of the molecule is CC[C@H](C)[C@@H]([C@@H](CC(=O)N1CCCC1[C@H](OC)C(C)C(=O)N[C@@H](CC(C)C)C(=O)NO)OC)N(C)C(=O)[C@@H](NC(=O)[C@H](C(C)C)N(C)C)C(C)C. The Balaban J connectivity index is 3.28. The molecule has 51 heavy (non-hydrogen) atoms. The summed E-state index contributed by atoms with van der Waals surface area (Å²) in [5.41, 5.74) is 1.63. The van der Waals surface area contributed by atoms with Gasteiger partial charge in [-0.3, -0.25) is 34.1 Å². The van der Waals surface area contributed by atoms with Gasteiger partial charge in [-0.05, 0) is 57.0 Å². The van der Waals surface area contributed by atoms with Gasteiger partial charge in [0.2, 0.25) is 23.6 Å². The van der Waals surface area contributed by atoms with Gasteiger partial charge >= 0.3 is 0 Å². The van der Waals surface area contributed by atoms with Gasteiger partial charge in [0, 0.05) is 27.8 Å². The van der Waals surface area contributed by atoms with Crippen LogP contribution >= 0.6 is 0 Å². The molecule has 9 atom stereocenters. The highest BCUT2D eigenvalue weighted by Crippen LogP contribution is 2.30. The average Bonchev–Trinajstić information content (AvgIpc) is 3.54. The van der Waals surface area contributed by atoms with E-state index < -0.39 is 60.1 Å². The van der Waals surface area contributed by atoms with Crippen LogP contribution in [0.25, 0.3) is 0 Å². The molecule has 14 heteroatoms. The highest BCUT2D eigenvalue weighted by molar-refractivity contribution is 5.90. The van der Waals surface area contributed by atoms with Crippen molar-refractivity contribution in [2.24, 2.45) is 29.6 Å². The highest BCUT2D eigenvalue weighted by Gasteiger charge is 2.43. The van der Waals surface area contributed by atoms with Crippen LogP contribution in [0.4, 0.5) is 0 Å². The first-order chi connectivity index (χ1) is 23.8. The first-order valence-corrected chi connectivity index (χ1v) is 18.6. The summed E-state index contributed by atoms with van der Waals surface area (Å²) in [5, 5.41) is 15.0. The number of likely N-dealkylation sites (N-methyl/N-ethyl adjacent to an activating group) is 2. The lowest BCUT2D eigenvalue weighted by atomic mass is 9.89.